The van der Waals surface area contributed by atoms with Crippen LogP contribution in [-0.2, 0) is 23.9 Å². The number of hydrogen-bond donors (Lipinski definition) is 2. The van der Waals surface area contributed by atoms with Gasteiger partial charge in [-0.15, -0.1) is 0 Å². The molecule has 2 aromatic rings. The van der Waals surface area contributed by atoms with Crippen molar-refractivity contribution in [3.8, 4) is 6.07 Å². The molecule has 32 heavy (non-hydrogen) atoms. The highest BCUT2D eigenvalue weighted by Crippen LogP contribution is 2.20. The second kappa shape index (κ2) is 11.5. The number of anilines is 2. The maximum Gasteiger partial charge on any atom is 0.336 e. The summed E-state index contributed by atoms with van der Waals surface area (Å²) in [5, 5.41) is 12.1. The number of esters is 3. The Kier molecular flexibility index (Phi) is 8.83. The van der Waals surface area contributed by atoms with Gasteiger partial charge in [0.1, 0.15) is 12.1 Å². The Bertz CT molecular complexity index is 1020. The summed E-state index contributed by atoms with van der Waals surface area (Å²) in [6, 6.07) is 15.1. The lowest BCUT2D eigenvalue weighted by Gasteiger charge is -2.30. The van der Waals surface area contributed by atoms with Crippen molar-refractivity contribution >= 4 is 46.6 Å². The van der Waals surface area contributed by atoms with E-state index in [2.05, 4.69) is 10.1 Å². The van der Waals surface area contributed by atoms with Crippen LogP contribution in [-0.4, -0.2) is 42.2 Å². The molecule has 0 aromatic heterocycles. The Morgan fingerprint density at radius 1 is 1.12 bits per heavy atom. The summed E-state index contributed by atoms with van der Waals surface area (Å²) in [7, 11) is 1.16. The van der Waals surface area contributed by atoms with Crippen molar-refractivity contribution in [2.75, 3.05) is 17.3 Å². The zero-order chi connectivity index (χ0) is 23.7. The Morgan fingerprint density at radius 3 is 2.31 bits per heavy atom. The third-order valence-corrected chi connectivity index (χ3v) is 4.66. The van der Waals surface area contributed by atoms with Crippen molar-refractivity contribution in [3.63, 3.8) is 0 Å². The fourth-order valence-corrected chi connectivity index (χ4v) is 3.01. The molecule has 166 valence electrons. The molecule has 2 aromatic carbocycles. The minimum absolute atomic E-state index is 0.164. The summed E-state index contributed by atoms with van der Waals surface area (Å²) in [6.45, 7) is 1.52. The molecular formula is C22H22N4O5S. The third-order valence-electron chi connectivity index (χ3n) is 4.37. The first-order valence-corrected chi connectivity index (χ1v) is 9.91. The van der Waals surface area contributed by atoms with Crippen LogP contribution in [0, 0.1) is 11.3 Å². The average Bonchev–Trinajstić information content (AvgIpc) is 2.80. The van der Waals surface area contributed by atoms with Gasteiger partial charge < -0.3 is 25.4 Å². The molecule has 0 heterocycles. The monoisotopic (exact) mass is 454 g/mol. The number of nitriles is 1. The zero-order valence-corrected chi connectivity index (χ0v) is 18.3. The SMILES string of the molecule is COC(=O)C[C@H](N)C(=O)OC(=O)[C@H](C)N(C(=S)Nc1ccc(C#N)cc1)c1ccccc1. The predicted molar refractivity (Wildman–Crippen MR) is 121 cm³/mol. The van der Waals surface area contributed by atoms with Gasteiger partial charge >= 0.3 is 17.9 Å². The molecule has 0 aliphatic rings. The number of rotatable bonds is 7. The largest absolute Gasteiger partial charge is 0.469 e. The van der Waals surface area contributed by atoms with E-state index in [-0.39, 0.29) is 5.11 Å². The summed E-state index contributed by atoms with van der Waals surface area (Å²) >= 11 is 5.51. The van der Waals surface area contributed by atoms with Crippen molar-refractivity contribution in [2.45, 2.75) is 25.4 Å². The molecule has 0 aliphatic heterocycles. The number of carbonyl (C=O) groups excluding carboxylic acids is 3. The maximum atomic E-state index is 12.7. The molecule has 0 fully saturated rings. The molecule has 3 N–H and O–H groups in total. The highest BCUT2D eigenvalue weighted by atomic mass is 32.1. The first-order chi connectivity index (χ1) is 15.3. The topological polar surface area (TPSA) is 135 Å². The molecule has 10 heteroatoms. The van der Waals surface area contributed by atoms with Gasteiger partial charge in [-0.25, -0.2) is 9.59 Å². The molecule has 2 rings (SSSR count). The summed E-state index contributed by atoms with van der Waals surface area (Å²) < 4.78 is 9.34. The molecule has 0 saturated heterocycles. The molecule has 0 radical (unpaired) electrons. The quantitative estimate of drug-likeness (QED) is 0.364. The predicted octanol–water partition coefficient (Wildman–Crippen LogP) is 2.11. The van der Waals surface area contributed by atoms with E-state index >= 15 is 0 Å². The van der Waals surface area contributed by atoms with Gasteiger partial charge in [0.15, 0.2) is 5.11 Å². The number of carbonyl (C=O) groups is 3. The Balaban J connectivity index is 2.19. The number of nitrogens with zero attached hydrogens (tertiary/aromatic N) is 2. The van der Waals surface area contributed by atoms with E-state index in [1.165, 1.54) is 11.8 Å². The molecule has 0 saturated carbocycles. The summed E-state index contributed by atoms with van der Waals surface area (Å²) in [5.74, 6) is -2.65. The molecule has 0 bridgehead atoms. The van der Waals surface area contributed by atoms with E-state index in [0.29, 0.717) is 16.9 Å². The van der Waals surface area contributed by atoms with Crippen LogP contribution in [0.15, 0.2) is 54.6 Å². The average molecular weight is 455 g/mol. The van der Waals surface area contributed by atoms with Gasteiger partial charge in [0.25, 0.3) is 0 Å². The van der Waals surface area contributed by atoms with Crippen LogP contribution in [0.25, 0.3) is 0 Å². The van der Waals surface area contributed by atoms with Crippen LogP contribution in [0.4, 0.5) is 11.4 Å². The first-order valence-electron chi connectivity index (χ1n) is 9.50. The molecule has 0 unspecified atom stereocenters. The molecule has 0 aliphatic carbocycles. The van der Waals surface area contributed by atoms with Gasteiger partial charge in [0.05, 0.1) is 25.2 Å². The molecule has 9 nitrogen and oxygen atoms in total. The van der Waals surface area contributed by atoms with Crippen molar-refractivity contribution in [1.29, 1.82) is 5.26 Å². The Morgan fingerprint density at radius 2 is 1.75 bits per heavy atom. The lowest BCUT2D eigenvalue weighted by molar-refractivity contribution is -0.162. The van der Waals surface area contributed by atoms with E-state index in [0.717, 1.165) is 7.11 Å². The minimum atomic E-state index is -1.34. The van der Waals surface area contributed by atoms with Crippen LogP contribution < -0.4 is 16.0 Å². The maximum absolute atomic E-state index is 12.7. The molecule has 0 amide bonds. The number of nitrogens with one attached hydrogen (secondary N) is 1. The van der Waals surface area contributed by atoms with Crippen LogP contribution in [0.5, 0.6) is 0 Å². The van der Waals surface area contributed by atoms with Gasteiger partial charge in [-0.3, -0.25) is 4.79 Å². The fourth-order valence-electron chi connectivity index (χ4n) is 2.63. The van der Waals surface area contributed by atoms with Crippen LogP contribution in [0.1, 0.15) is 18.9 Å². The fraction of sp³-hybridized carbons (Fsp3) is 0.227. The molecule has 0 spiro atoms. The number of benzene rings is 2. The summed E-state index contributed by atoms with van der Waals surface area (Å²) in [4.78, 5) is 37.6. The first kappa shape index (κ1) is 24.5. The van der Waals surface area contributed by atoms with Gasteiger partial charge in [0, 0.05) is 11.4 Å². The highest BCUT2D eigenvalue weighted by Gasteiger charge is 2.30. The number of para-hydroxylation sites is 1. The Labute approximate surface area is 190 Å². The van der Waals surface area contributed by atoms with E-state index < -0.39 is 36.4 Å². The number of nitrogens with two attached hydrogens (primary N) is 1. The summed E-state index contributed by atoms with van der Waals surface area (Å²) in [5.41, 5.74) is 7.28. The van der Waals surface area contributed by atoms with Gasteiger partial charge in [-0.1, -0.05) is 18.2 Å². The number of ether oxygens (including phenoxy) is 2. The second-order valence-corrected chi connectivity index (χ2v) is 7.01. The van der Waals surface area contributed by atoms with Crippen molar-refractivity contribution in [1.82, 2.24) is 0 Å². The van der Waals surface area contributed by atoms with Gasteiger partial charge in [-0.2, -0.15) is 5.26 Å². The zero-order valence-electron chi connectivity index (χ0n) is 17.5. The van der Waals surface area contributed by atoms with Gasteiger partial charge in [-0.05, 0) is 55.5 Å². The molecular weight excluding hydrogens is 432 g/mol. The minimum Gasteiger partial charge on any atom is -0.469 e. The second-order valence-electron chi connectivity index (χ2n) is 6.63. The number of hydrogen-bond acceptors (Lipinski definition) is 8. The summed E-state index contributed by atoms with van der Waals surface area (Å²) in [6.07, 6.45) is -0.419. The van der Waals surface area contributed by atoms with Crippen molar-refractivity contribution in [2.24, 2.45) is 5.73 Å². The van der Waals surface area contributed by atoms with E-state index in [4.69, 9.17) is 28.0 Å². The third kappa shape index (κ3) is 6.60. The van der Waals surface area contributed by atoms with E-state index in [1.807, 2.05) is 6.07 Å². The standard InChI is InChI=1S/C22H22N4O5S/c1-14(20(28)31-21(29)18(24)12-19(27)30-2)26(17-6-4-3-5-7-17)22(32)25-16-10-8-15(13-23)9-11-16/h3-11,14,18H,12,24H2,1-2H3,(H,25,32)/t14-,18-/m0/s1. The van der Waals surface area contributed by atoms with Crippen molar-refractivity contribution < 1.29 is 23.9 Å². The van der Waals surface area contributed by atoms with Crippen LogP contribution in [0.3, 0.4) is 0 Å². The van der Waals surface area contributed by atoms with Crippen LogP contribution in [0.2, 0.25) is 0 Å². The lowest BCUT2D eigenvalue weighted by atomic mass is 10.2. The van der Waals surface area contributed by atoms with Gasteiger partial charge in [0.2, 0.25) is 0 Å². The smallest absolute Gasteiger partial charge is 0.336 e. The van der Waals surface area contributed by atoms with E-state index in [9.17, 15) is 14.4 Å². The van der Waals surface area contributed by atoms with Crippen LogP contribution >= 0.6 is 12.2 Å². The molecule has 2 atom stereocenters. The normalized spacial score (nSPS) is 11.9. The van der Waals surface area contributed by atoms with E-state index in [1.54, 1.807) is 54.6 Å². The van der Waals surface area contributed by atoms with Crippen molar-refractivity contribution in [3.05, 3.63) is 60.2 Å². The number of thiocarbonyl (C=S) groups is 1. The number of methoxy groups -OCH3 is 1. The Hall–Kier alpha value is -3.81. The lowest BCUT2D eigenvalue weighted by Crippen LogP contribution is -2.48. The highest BCUT2D eigenvalue weighted by molar-refractivity contribution is 7.80.